The summed E-state index contributed by atoms with van der Waals surface area (Å²) in [6.07, 6.45) is 0. The number of carbonyl (C=O) groups is 1. The van der Waals surface area contributed by atoms with E-state index in [1.54, 1.807) is 30.3 Å². The van der Waals surface area contributed by atoms with Gasteiger partial charge in [0.05, 0.1) is 4.90 Å². The Morgan fingerprint density at radius 3 is 2.26 bits per heavy atom. The van der Waals surface area contributed by atoms with Crippen molar-refractivity contribution < 1.29 is 13.2 Å². The Labute approximate surface area is 159 Å². The standard InChI is InChI=1S/C21H20N2O3S/c1-15-10-12-18(13-11-15)23-27(25,26)19-8-5-7-17(14-19)21(24)22-20-9-4-3-6-16(20)2/h3-14,23H,1-2H3,(H,22,24). The van der Waals surface area contributed by atoms with Crippen LogP contribution in [0.5, 0.6) is 0 Å². The second kappa shape index (κ2) is 7.63. The maximum Gasteiger partial charge on any atom is 0.261 e. The van der Waals surface area contributed by atoms with E-state index in [4.69, 9.17) is 0 Å². The van der Waals surface area contributed by atoms with Gasteiger partial charge in [-0.05, 0) is 55.8 Å². The quantitative estimate of drug-likeness (QED) is 0.691. The van der Waals surface area contributed by atoms with Gasteiger partial charge in [-0.25, -0.2) is 8.42 Å². The zero-order chi connectivity index (χ0) is 19.4. The van der Waals surface area contributed by atoms with E-state index in [1.807, 2.05) is 44.2 Å². The van der Waals surface area contributed by atoms with E-state index >= 15 is 0 Å². The highest BCUT2D eigenvalue weighted by atomic mass is 32.2. The van der Waals surface area contributed by atoms with Crippen LogP contribution in [0.15, 0.2) is 77.7 Å². The molecule has 3 rings (SSSR count). The van der Waals surface area contributed by atoms with Crippen LogP contribution >= 0.6 is 0 Å². The maximum absolute atomic E-state index is 12.6. The largest absolute Gasteiger partial charge is 0.322 e. The molecule has 0 heterocycles. The van der Waals surface area contributed by atoms with Crippen LogP contribution in [0.4, 0.5) is 11.4 Å². The Morgan fingerprint density at radius 1 is 0.852 bits per heavy atom. The number of hydrogen-bond acceptors (Lipinski definition) is 3. The molecule has 5 nitrogen and oxygen atoms in total. The van der Waals surface area contributed by atoms with Crippen molar-refractivity contribution in [3.63, 3.8) is 0 Å². The predicted octanol–water partition coefficient (Wildman–Crippen LogP) is 4.36. The number of amides is 1. The van der Waals surface area contributed by atoms with E-state index < -0.39 is 10.0 Å². The van der Waals surface area contributed by atoms with Crippen LogP contribution in [-0.4, -0.2) is 14.3 Å². The Kier molecular flexibility index (Phi) is 5.28. The van der Waals surface area contributed by atoms with Gasteiger partial charge >= 0.3 is 0 Å². The lowest BCUT2D eigenvalue weighted by atomic mass is 10.1. The van der Waals surface area contributed by atoms with Gasteiger partial charge in [0, 0.05) is 16.9 Å². The van der Waals surface area contributed by atoms with E-state index in [2.05, 4.69) is 10.0 Å². The van der Waals surface area contributed by atoms with Gasteiger partial charge in [-0.15, -0.1) is 0 Å². The number of hydrogen-bond donors (Lipinski definition) is 2. The number of benzene rings is 3. The summed E-state index contributed by atoms with van der Waals surface area (Å²) >= 11 is 0. The van der Waals surface area contributed by atoms with Crippen molar-refractivity contribution in [1.29, 1.82) is 0 Å². The van der Waals surface area contributed by atoms with Crippen molar-refractivity contribution in [3.05, 3.63) is 89.5 Å². The highest BCUT2D eigenvalue weighted by molar-refractivity contribution is 7.92. The summed E-state index contributed by atoms with van der Waals surface area (Å²) in [5, 5.41) is 2.81. The SMILES string of the molecule is Cc1ccc(NS(=O)(=O)c2cccc(C(=O)Nc3ccccc3C)c2)cc1. The molecule has 27 heavy (non-hydrogen) atoms. The molecule has 6 heteroatoms. The molecule has 0 aliphatic carbocycles. The number of rotatable bonds is 5. The van der Waals surface area contributed by atoms with Crippen molar-refractivity contribution in [2.75, 3.05) is 10.0 Å². The number of nitrogens with one attached hydrogen (secondary N) is 2. The molecule has 3 aromatic rings. The molecule has 0 saturated carbocycles. The van der Waals surface area contributed by atoms with Crippen LogP contribution in [0.3, 0.4) is 0 Å². The summed E-state index contributed by atoms with van der Waals surface area (Å²) in [5.74, 6) is -0.364. The highest BCUT2D eigenvalue weighted by Gasteiger charge is 2.17. The molecule has 138 valence electrons. The summed E-state index contributed by atoms with van der Waals surface area (Å²) in [5.41, 5.74) is 3.39. The Morgan fingerprint density at radius 2 is 1.56 bits per heavy atom. The second-order valence-electron chi connectivity index (χ2n) is 6.27. The number of para-hydroxylation sites is 1. The van der Waals surface area contributed by atoms with Crippen LogP contribution in [0.2, 0.25) is 0 Å². The Hall–Kier alpha value is -3.12. The molecule has 0 radical (unpaired) electrons. The third-order valence-electron chi connectivity index (χ3n) is 4.10. The molecule has 0 aliphatic rings. The smallest absolute Gasteiger partial charge is 0.261 e. The molecule has 3 aromatic carbocycles. The minimum atomic E-state index is -3.79. The molecule has 0 fully saturated rings. The van der Waals surface area contributed by atoms with E-state index in [9.17, 15) is 13.2 Å². The van der Waals surface area contributed by atoms with Gasteiger partial charge < -0.3 is 5.32 Å². The van der Waals surface area contributed by atoms with E-state index in [1.165, 1.54) is 12.1 Å². The Bertz CT molecular complexity index is 1070. The summed E-state index contributed by atoms with van der Waals surface area (Å²) in [6, 6.07) is 20.4. The number of anilines is 2. The van der Waals surface area contributed by atoms with Crippen LogP contribution in [0.1, 0.15) is 21.5 Å². The van der Waals surface area contributed by atoms with Gasteiger partial charge in [0.1, 0.15) is 0 Å². The first-order valence-corrected chi connectivity index (χ1v) is 9.90. The average molecular weight is 380 g/mol. The van der Waals surface area contributed by atoms with Crippen molar-refractivity contribution in [1.82, 2.24) is 0 Å². The van der Waals surface area contributed by atoms with E-state index in [-0.39, 0.29) is 16.4 Å². The summed E-state index contributed by atoms with van der Waals surface area (Å²) in [7, 11) is -3.79. The Balaban J connectivity index is 1.83. The minimum absolute atomic E-state index is 0.0282. The third-order valence-corrected chi connectivity index (χ3v) is 5.48. The predicted molar refractivity (Wildman–Crippen MR) is 108 cm³/mol. The zero-order valence-corrected chi connectivity index (χ0v) is 15.9. The van der Waals surface area contributed by atoms with Crippen molar-refractivity contribution in [2.45, 2.75) is 18.7 Å². The fourth-order valence-corrected chi connectivity index (χ4v) is 3.65. The number of sulfonamides is 1. The third kappa shape index (κ3) is 4.54. The van der Waals surface area contributed by atoms with Gasteiger partial charge in [0.2, 0.25) is 0 Å². The molecular weight excluding hydrogens is 360 g/mol. The zero-order valence-electron chi connectivity index (χ0n) is 15.1. The fourth-order valence-electron chi connectivity index (χ4n) is 2.55. The normalized spacial score (nSPS) is 11.0. The molecular formula is C21H20N2O3S. The van der Waals surface area contributed by atoms with Gasteiger partial charge in [-0.3, -0.25) is 9.52 Å². The van der Waals surface area contributed by atoms with Crippen molar-refractivity contribution >= 4 is 27.3 Å². The lowest BCUT2D eigenvalue weighted by molar-refractivity contribution is 0.102. The molecule has 0 spiro atoms. The fraction of sp³-hybridized carbons (Fsp3) is 0.0952. The van der Waals surface area contributed by atoms with Crippen LogP contribution < -0.4 is 10.0 Å². The molecule has 0 saturated heterocycles. The van der Waals surface area contributed by atoms with Crippen LogP contribution in [-0.2, 0) is 10.0 Å². The lowest BCUT2D eigenvalue weighted by Crippen LogP contribution is -2.16. The first kappa shape index (κ1) is 18.7. The average Bonchev–Trinajstić information content (AvgIpc) is 2.65. The van der Waals surface area contributed by atoms with Gasteiger partial charge in [0.15, 0.2) is 0 Å². The van der Waals surface area contributed by atoms with E-state index in [0.717, 1.165) is 11.1 Å². The molecule has 0 bridgehead atoms. The minimum Gasteiger partial charge on any atom is -0.322 e. The van der Waals surface area contributed by atoms with Crippen molar-refractivity contribution in [3.8, 4) is 0 Å². The first-order valence-electron chi connectivity index (χ1n) is 8.42. The van der Waals surface area contributed by atoms with Gasteiger partial charge in [0.25, 0.3) is 15.9 Å². The van der Waals surface area contributed by atoms with E-state index in [0.29, 0.717) is 11.4 Å². The van der Waals surface area contributed by atoms with Crippen LogP contribution in [0, 0.1) is 13.8 Å². The number of carbonyl (C=O) groups excluding carboxylic acids is 1. The number of aryl methyl sites for hydroxylation is 2. The van der Waals surface area contributed by atoms with Crippen LogP contribution in [0.25, 0.3) is 0 Å². The summed E-state index contributed by atoms with van der Waals surface area (Å²) < 4.78 is 27.8. The second-order valence-corrected chi connectivity index (χ2v) is 7.95. The van der Waals surface area contributed by atoms with Gasteiger partial charge in [-0.2, -0.15) is 0 Å². The molecule has 0 unspecified atom stereocenters. The summed E-state index contributed by atoms with van der Waals surface area (Å²) in [4.78, 5) is 12.5. The first-order chi connectivity index (χ1) is 12.8. The topological polar surface area (TPSA) is 75.3 Å². The molecule has 0 aliphatic heterocycles. The lowest BCUT2D eigenvalue weighted by Gasteiger charge is -2.11. The molecule has 0 atom stereocenters. The van der Waals surface area contributed by atoms with Gasteiger partial charge in [-0.1, -0.05) is 42.0 Å². The molecule has 2 N–H and O–H groups in total. The molecule has 1 amide bonds. The summed E-state index contributed by atoms with van der Waals surface area (Å²) in [6.45, 7) is 3.82. The van der Waals surface area contributed by atoms with Crippen molar-refractivity contribution in [2.24, 2.45) is 0 Å². The monoisotopic (exact) mass is 380 g/mol. The molecule has 0 aromatic heterocycles. The maximum atomic E-state index is 12.6. The highest BCUT2D eigenvalue weighted by Crippen LogP contribution is 2.19.